The molecule has 0 atom stereocenters. The summed E-state index contributed by atoms with van der Waals surface area (Å²) in [6.45, 7) is 4.10. The standard InChI is InChI=1S/C17H27N3O/c1-17(9-3-2-4-10-17)12-19-15-8-7-14(18)16(20-15)21-11-13-5-6-13/h7-8,13H,2-6,9-12,18H2,1H3,(H,19,20). The minimum atomic E-state index is 0.399. The van der Waals surface area contributed by atoms with E-state index in [1.54, 1.807) is 0 Å². The number of aromatic nitrogens is 1. The highest BCUT2D eigenvalue weighted by Crippen LogP contribution is 2.36. The Labute approximate surface area is 127 Å². The van der Waals surface area contributed by atoms with Gasteiger partial charge in [-0.1, -0.05) is 26.2 Å². The van der Waals surface area contributed by atoms with Crippen molar-refractivity contribution in [3.8, 4) is 5.88 Å². The monoisotopic (exact) mass is 289 g/mol. The molecule has 0 radical (unpaired) electrons. The maximum absolute atomic E-state index is 5.95. The molecule has 3 rings (SSSR count). The smallest absolute Gasteiger partial charge is 0.239 e. The maximum atomic E-state index is 5.95. The molecule has 2 saturated carbocycles. The summed E-state index contributed by atoms with van der Waals surface area (Å²) in [7, 11) is 0. The molecule has 1 aromatic rings. The fourth-order valence-electron chi connectivity index (χ4n) is 3.03. The summed E-state index contributed by atoms with van der Waals surface area (Å²) in [5.41, 5.74) is 6.97. The third kappa shape index (κ3) is 4.02. The van der Waals surface area contributed by atoms with Crippen LogP contribution < -0.4 is 15.8 Å². The Morgan fingerprint density at radius 1 is 1.29 bits per heavy atom. The molecule has 0 saturated heterocycles. The number of hydrogen-bond acceptors (Lipinski definition) is 4. The molecular weight excluding hydrogens is 262 g/mol. The van der Waals surface area contributed by atoms with Crippen molar-refractivity contribution in [3.05, 3.63) is 12.1 Å². The van der Waals surface area contributed by atoms with Gasteiger partial charge < -0.3 is 15.8 Å². The number of pyridine rings is 1. The van der Waals surface area contributed by atoms with Gasteiger partial charge in [0.15, 0.2) is 0 Å². The van der Waals surface area contributed by atoms with E-state index in [4.69, 9.17) is 10.5 Å². The summed E-state index contributed by atoms with van der Waals surface area (Å²) in [5.74, 6) is 2.17. The van der Waals surface area contributed by atoms with Crippen LogP contribution in [0, 0.1) is 11.3 Å². The lowest BCUT2D eigenvalue weighted by molar-refractivity contribution is 0.233. The zero-order chi connectivity index (χ0) is 14.7. The minimum absolute atomic E-state index is 0.399. The summed E-state index contributed by atoms with van der Waals surface area (Å²) in [6, 6.07) is 3.84. The van der Waals surface area contributed by atoms with Crippen LogP contribution in [0.25, 0.3) is 0 Å². The minimum Gasteiger partial charge on any atom is -0.476 e. The van der Waals surface area contributed by atoms with Crippen LogP contribution in [0.1, 0.15) is 51.9 Å². The molecular formula is C17H27N3O. The summed E-state index contributed by atoms with van der Waals surface area (Å²) >= 11 is 0. The van der Waals surface area contributed by atoms with E-state index in [1.807, 2.05) is 12.1 Å². The topological polar surface area (TPSA) is 60.2 Å². The van der Waals surface area contributed by atoms with E-state index in [2.05, 4.69) is 17.2 Å². The molecule has 116 valence electrons. The molecule has 1 heterocycles. The molecule has 0 aromatic carbocycles. The highest BCUT2D eigenvalue weighted by atomic mass is 16.5. The van der Waals surface area contributed by atoms with Crippen molar-refractivity contribution in [2.75, 3.05) is 24.2 Å². The summed E-state index contributed by atoms with van der Waals surface area (Å²) in [4.78, 5) is 4.53. The molecule has 0 unspecified atom stereocenters. The average Bonchev–Trinajstić information content (AvgIpc) is 3.30. The van der Waals surface area contributed by atoms with Crippen molar-refractivity contribution < 1.29 is 4.74 Å². The number of nitrogen functional groups attached to an aromatic ring is 1. The number of ether oxygens (including phenoxy) is 1. The predicted octanol–water partition coefficient (Wildman–Crippen LogP) is 3.83. The number of nitrogens with one attached hydrogen (secondary N) is 1. The lowest BCUT2D eigenvalue weighted by Gasteiger charge is -2.33. The van der Waals surface area contributed by atoms with Gasteiger partial charge in [0.1, 0.15) is 5.82 Å². The van der Waals surface area contributed by atoms with E-state index in [0.717, 1.165) is 19.0 Å². The second-order valence-corrected chi connectivity index (χ2v) is 7.07. The van der Waals surface area contributed by atoms with Gasteiger partial charge in [0, 0.05) is 6.54 Å². The summed E-state index contributed by atoms with van der Waals surface area (Å²) in [6.07, 6.45) is 9.24. The Morgan fingerprint density at radius 3 is 2.76 bits per heavy atom. The van der Waals surface area contributed by atoms with Crippen molar-refractivity contribution in [2.24, 2.45) is 11.3 Å². The SMILES string of the molecule is CC1(CNc2ccc(N)c(OCC3CC3)n2)CCCCC1. The molecule has 0 spiro atoms. The molecule has 4 nitrogen and oxygen atoms in total. The van der Waals surface area contributed by atoms with Gasteiger partial charge in [0.25, 0.3) is 0 Å². The third-order valence-corrected chi connectivity index (χ3v) is 4.80. The van der Waals surface area contributed by atoms with Crippen LogP contribution in [0.15, 0.2) is 12.1 Å². The van der Waals surface area contributed by atoms with Gasteiger partial charge in [-0.3, -0.25) is 0 Å². The molecule has 0 amide bonds. The van der Waals surface area contributed by atoms with E-state index in [-0.39, 0.29) is 0 Å². The van der Waals surface area contributed by atoms with Crippen LogP contribution in [0.5, 0.6) is 5.88 Å². The Balaban J connectivity index is 1.57. The van der Waals surface area contributed by atoms with E-state index in [1.165, 1.54) is 44.9 Å². The number of hydrogen-bond donors (Lipinski definition) is 2. The lowest BCUT2D eigenvalue weighted by Crippen LogP contribution is -2.29. The molecule has 1 aromatic heterocycles. The van der Waals surface area contributed by atoms with Crippen molar-refractivity contribution in [2.45, 2.75) is 51.9 Å². The third-order valence-electron chi connectivity index (χ3n) is 4.80. The fraction of sp³-hybridized carbons (Fsp3) is 0.706. The zero-order valence-corrected chi connectivity index (χ0v) is 13.0. The van der Waals surface area contributed by atoms with Gasteiger partial charge >= 0.3 is 0 Å². The largest absolute Gasteiger partial charge is 0.476 e. The molecule has 3 N–H and O–H groups in total. The Morgan fingerprint density at radius 2 is 2.05 bits per heavy atom. The van der Waals surface area contributed by atoms with Crippen LogP contribution in [0.3, 0.4) is 0 Å². The van der Waals surface area contributed by atoms with E-state index < -0.39 is 0 Å². The highest BCUT2D eigenvalue weighted by Gasteiger charge is 2.26. The van der Waals surface area contributed by atoms with Crippen molar-refractivity contribution in [1.29, 1.82) is 0 Å². The molecule has 0 aliphatic heterocycles. The van der Waals surface area contributed by atoms with E-state index in [0.29, 0.717) is 22.9 Å². The molecule has 21 heavy (non-hydrogen) atoms. The molecule has 0 bridgehead atoms. The quantitative estimate of drug-likeness (QED) is 0.835. The van der Waals surface area contributed by atoms with Crippen molar-refractivity contribution in [3.63, 3.8) is 0 Å². The van der Waals surface area contributed by atoms with E-state index in [9.17, 15) is 0 Å². The number of nitrogens with two attached hydrogens (primary N) is 1. The lowest BCUT2D eigenvalue weighted by atomic mass is 9.76. The van der Waals surface area contributed by atoms with Crippen molar-refractivity contribution in [1.82, 2.24) is 4.98 Å². The van der Waals surface area contributed by atoms with Crippen LogP contribution >= 0.6 is 0 Å². The summed E-state index contributed by atoms with van der Waals surface area (Å²) in [5, 5.41) is 3.48. The van der Waals surface area contributed by atoms with Gasteiger partial charge in [-0.25, -0.2) is 0 Å². The van der Waals surface area contributed by atoms with Crippen LogP contribution in [-0.2, 0) is 0 Å². The Bertz CT molecular complexity index is 479. The van der Waals surface area contributed by atoms with Gasteiger partial charge in [0.05, 0.1) is 12.3 Å². The van der Waals surface area contributed by atoms with Crippen LogP contribution in [0.2, 0.25) is 0 Å². The first-order valence-corrected chi connectivity index (χ1v) is 8.28. The van der Waals surface area contributed by atoms with Gasteiger partial charge in [-0.05, 0) is 49.1 Å². The summed E-state index contributed by atoms with van der Waals surface area (Å²) < 4.78 is 5.74. The van der Waals surface area contributed by atoms with E-state index >= 15 is 0 Å². The molecule has 2 aliphatic carbocycles. The highest BCUT2D eigenvalue weighted by molar-refractivity contribution is 5.53. The fourth-order valence-corrected chi connectivity index (χ4v) is 3.03. The number of anilines is 2. The first-order valence-electron chi connectivity index (χ1n) is 8.28. The van der Waals surface area contributed by atoms with Crippen LogP contribution in [-0.4, -0.2) is 18.1 Å². The van der Waals surface area contributed by atoms with Gasteiger partial charge in [0.2, 0.25) is 5.88 Å². The molecule has 2 aliphatic rings. The van der Waals surface area contributed by atoms with Gasteiger partial charge in [-0.2, -0.15) is 4.98 Å². The Hall–Kier alpha value is -1.45. The maximum Gasteiger partial charge on any atom is 0.239 e. The molecule has 2 fully saturated rings. The normalized spacial score (nSPS) is 21.0. The van der Waals surface area contributed by atoms with Crippen LogP contribution in [0.4, 0.5) is 11.5 Å². The number of rotatable bonds is 6. The average molecular weight is 289 g/mol. The second kappa shape index (κ2) is 6.12. The molecule has 4 heteroatoms. The predicted molar refractivity (Wildman–Crippen MR) is 86.6 cm³/mol. The zero-order valence-electron chi connectivity index (χ0n) is 13.0. The first-order chi connectivity index (χ1) is 10.1. The second-order valence-electron chi connectivity index (χ2n) is 7.07. The number of nitrogens with zero attached hydrogens (tertiary/aromatic N) is 1. The first kappa shape index (κ1) is 14.5. The van der Waals surface area contributed by atoms with Crippen molar-refractivity contribution >= 4 is 11.5 Å². The Kier molecular flexibility index (Phi) is 4.22. The van der Waals surface area contributed by atoms with Gasteiger partial charge in [-0.15, -0.1) is 0 Å².